The number of nitrogens with one attached hydrogen (secondary N) is 1. The Kier molecular flexibility index (Phi) is 4.05. The van der Waals surface area contributed by atoms with Crippen LogP contribution >= 0.6 is 0 Å². The minimum absolute atomic E-state index is 0.526. The third-order valence-electron chi connectivity index (χ3n) is 4.41. The monoisotopic (exact) mass is 275 g/mol. The Hall–Kier alpha value is -1.36. The molecule has 0 radical (unpaired) electrons. The van der Waals surface area contributed by atoms with Crippen LogP contribution < -0.4 is 10.2 Å². The van der Waals surface area contributed by atoms with Gasteiger partial charge >= 0.3 is 0 Å². The highest BCUT2D eigenvalue weighted by molar-refractivity contribution is 5.44. The van der Waals surface area contributed by atoms with Gasteiger partial charge < -0.3 is 10.2 Å². The van der Waals surface area contributed by atoms with Crippen LogP contribution in [0.4, 0.5) is 11.8 Å². The second-order valence-corrected chi connectivity index (χ2v) is 5.96. The first-order valence-corrected chi connectivity index (χ1v) is 7.85. The van der Waals surface area contributed by atoms with E-state index in [-0.39, 0.29) is 0 Å². The van der Waals surface area contributed by atoms with E-state index in [0.29, 0.717) is 12.1 Å². The van der Waals surface area contributed by atoms with Crippen LogP contribution in [0.15, 0.2) is 12.3 Å². The van der Waals surface area contributed by atoms with Crippen molar-refractivity contribution in [2.75, 3.05) is 36.4 Å². The second-order valence-electron chi connectivity index (χ2n) is 5.96. The molecule has 2 unspecified atom stereocenters. The maximum Gasteiger partial charge on any atom is 0.224 e. The smallest absolute Gasteiger partial charge is 0.224 e. The Bertz CT molecular complexity index is 450. The molecule has 1 aromatic rings. The lowest BCUT2D eigenvalue weighted by Crippen LogP contribution is -2.55. The summed E-state index contributed by atoms with van der Waals surface area (Å²) in [6.07, 6.45) is 5.63. The van der Waals surface area contributed by atoms with Crippen LogP contribution in [0.3, 0.4) is 0 Å². The Morgan fingerprint density at radius 1 is 1.40 bits per heavy atom. The molecule has 0 saturated carbocycles. The molecule has 5 heteroatoms. The van der Waals surface area contributed by atoms with Crippen molar-refractivity contribution in [2.24, 2.45) is 0 Å². The highest BCUT2D eigenvalue weighted by Gasteiger charge is 2.34. The summed E-state index contributed by atoms with van der Waals surface area (Å²) in [7, 11) is 0. The van der Waals surface area contributed by atoms with Gasteiger partial charge in [0.25, 0.3) is 0 Å². The van der Waals surface area contributed by atoms with E-state index in [1.807, 2.05) is 12.3 Å². The van der Waals surface area contributed by atoms with E-state index in [2.05, 4.69) is 38.9 Å². The van der Waals surface area contributed by atoms with Crippen molar-refractivity contribution in [3.8, 4) is 0 Å². The third-order valence-corrected chi connectivity index (χ3v) is 4.41. The first kappa shape index (κ1) is 13.6. The van der Waals surface area contributed by atoms with E-state index in [9.17, 15) is 0 Å². The van der Waals surface area contributed by atoms with E-state index in [4.69, 9.17) is 0 Å². The van der Waals surface area contributed by atoms with Crippen molar-refractivity contribution in [2.45, 2.75) is 45.2 Å². The number of piperazine rings is 1. The average molecular weight is 275 g/mol. The second kappa shape index (κ2) is 5.95. The van der Waals surface area contributed by atoms with Gasteiger partial charge in [0.1, 0.15) is 5.82 Å². The van der Waals surface area contributed by atoms with E-state index in [0.717, 1.165) is 37.8 Å². The molecule has 1 aromatic heterocycles. The third kappa shape index (κ3) is 2.73. The number of hydrogen-bond acceptors (Lipinski definition) is 5. The normalized spacial score (nSPS) is 26.6. The van der Waals surface area contributed by atoms with Gasteiger partial charge in [0.05, 0.1) is 0 Å². The molecule has 2 atom stereocenters. The maximum absolute atomic E-state index is 4.68. The Labute approximate surface area is 121 Å². The van der Waals surface area contributed by atoms with Gasteiger partial charge in [-0.05, 0) is 38.8 Å². The summed E-state index contributed by atoms with van der Waals surface area (Å²) in [6.45, 7) is 8.91. The Morgan fingerprint density at radius 2 is 2.30 bits per heavy atom. The van der Waals surface area contributed by atoms with Crippen molar-refractivity contribution in [3.05, 3.63) is 12.3 Å². The summed E-state index contributed by atoms with van der Waals surface area (Å²) in [5.41, 5.74) is 0. The standard InChI is InChI=1S/C15H25N5/c1-3-7-16-15-17-8-6-14(18-15)20-11-13-5-4-9-19(13)10-12(20)2/h6,8,12-13H,3-5,7,9-11H2,1-2H3,(H,16,17,18). The molecule has 1 N–H and O–H groups in total. The fraction of sp³-hybridized carbons (Fsp3) is 0.733. The van der Waals surface area contributed by atoms with E-state index < -0.39 is 0 Å². The van der Waals surface area contributed by atoms with Crippen LogP contribution in [0.5, 0.6) is 0 Å². The van der Waals surface area contributed by atoms with Crippen molar-refractivity contribution in [3.63, 3.8) is 0 Å². The zero-order valence-corrected chi connectivity index (χ0v) is 12.5. The molecule has 2 saturated heterocycles. The fourth-order valence-electron chi connectivity index (χ4n) is 3.34. The van der Waals surface area contributed by atoms with Crippen LogP contribution in [-0.4, -0.2) is 53.1 Å². The lowest BCUT2D eigenvalue weighted by atomic mass is 10.1. The average Bonchev–Trinajstić information content (AvgIpc) is 2.91. The van der Waals surface area contributed by atoms with Gasteiger partial charge in [0.2, 0.25) is 5.95 Å². The zero-order chi connectivity index (χ0) is 13.9. The molecule has 2 fully saturated rings. The van der Waals surface area contributed by atoms with E-state index in [1.165, 1.54) is 19.4 Å². The van der Waals surface area contributed by atoms with Gasteiger partial charge in [-0.25, -0.2) is 4.98 Å². The minimum atomic E-state index is 0.526. The summed E-state index contributed by atoms with van der Waals surface area (Å²) >= 11 is 0. The van der Waals surface area contributed by atoms with Gasteiger partial charge in [0.15, 0.2) is 0 Å². The van der Waals surface area contributed by atoms with E-state index >= 15 is 0 Å². The number of nitrogens with zero attached hydrogens (tertiary/aromatic N) is 4. The highest BCUT2D eigenvalue weighted by atomic mass is 15.3. The Morgan fingerprint density at radius 3 is 3.15 bits per heavy atom. The lowest BCUT2D eigenvalue weighted by molar-refractivity contribution is 0.202. The summed E-state index contributed by atoms with van der Waals surface area (Å²) < 4.78 is 0. The summed E-state index contributed by atoms with van der Waals surface area (Å²) in [4.78, 5) is 14.1. The van der Waals surface area contributed by atoms with Crippen LogP contribution in [0, 0.1) is 0 Å². The number of fused-ring (bicyclic) bond motifs is 1. The molecular weight excluding hydrogens is 250 g/mol. The van der Waals surface area contributed by atoms with Crippen molar-refractivity contribution < 1.29 is 0 Å². The molecule has 0 spiro atoms. The fourth-order valence-corrected chi connectivity index (χ4v) is 3.34. The summed E-state index contributed by atoms with van der Waals surface area (Å²) in [6, 6.07) is 3.28. The molecule has 5 nitrogen and oxygen atoms in total. The molecule has 20 heavy (non-hydrogen) atoms. The molecule has 3 rings (SSSR count). The molecule has 2 aliphatic rings. The van der Waals surface area contributed by atoms with E-state index in [1.54, 1.807) is 0 Å². The largest absolute Gasteiger partial charge is 0.354 e. The van der Waals surface area contributed by atoms with Crippen LogP contribution in [0.25, 0.3) is 0 Å². The summed E-state index contributed by atoms with van der Waals surface area (Å²) in [5.74, 6) is 1.82. The predicted octanol–water partition coefficient (Wildman–Crippen LogP) is 1.97. The van der Waals surface area contributed by atoms with Crippen molar-refractivity contribution in [1.82, 2.24) is 14.9 Å². The van der Waals surface area contributed by atoms with Crippen LogP contribution in [-0.2, 0) is 0 Å². The summed E-state index contributed by atoms with van der Waals surface area (Å²) in [5, 5.41) is 3.28. The molecule has 3 heterocycles. The van der Waals surface area contributed by atoms with Crippen molar-refractivity contribution in [1.29, 1.82) is 0 Å². The number of rotatable bonds is 4. The molecule has 110 valence electrons. The number of anilines is 2. The van der Waals surface area contributed by atoms with Gasteiger partial charge in [-0.3, -0.25) is 4.90 Å². The van der Waals surface area contributed by atoms with Crippen LogP contribution in [0.2, 0.25) is 0 Å². The number of aromatic nitrogens is 2. The minimum Gasteiger partial charge on any atom is -0.354 e. The first-order valence-electron chi connectivity index (χ1n) is 7.85. The molecule has 0 bridgehead atoms. The van der Waals surface area contributed by atoms with Crippen molar-refractivity contribution >= 4 is 11.8 Å². The van der Waals surface area contributed by atoms with Crippen LogP contribution in [0.1, 0.15) is 33.1 Å². The van der Waals surface area contributed by atoms with Gasteiger partial charge in [-0.2, -0.15) is 4.98 Å². The molecule has 0 aliphatic carbocycles. The molecular formula is C15H25N5. The van der Waals surface area contributed by atoms with Gasteiger partial charge in [-0.1, -0.05) is 6.92 Å². The predicted molar refractivity (Wildman–Crippen MR) is 82.2 cm³/mol. The molecule has 0 aromatic carbocycles. The zero-order valence-electron chi connectivity index (χ0n) is 12.5. The lowest BCUT2D eigenvalue weighted by Gasteiger charge is -2.43. The quantitative estimate of drug-likeness (QED) is 0.910. The SMILES string of the molecule is CCCNc1nccc(N2CC3CCCN3CC2C)n1. The van der Waals surface area contributed by atoms with Gasteiger partial charge in [-0.15, -0.1) is 0 Å². The Balaban J connectivity index is 1.74. The molecule has 0 amide bonds. The number of hydrogen-bond donors (Lipinski definition) is 1. The topological polar surface area (TPSA) is 44.3 Å². The maximum atomic E-state index is 4.68. The molecule has 2 aliphatic heterocycles. The van der Waals surface area contributed by atoms with Gasteiger partial charge in [0, 0.05) is 37.9 Å². The highest BCUT2D eigenvalue weighted by Crippen LogP contribution is 2.27. The first-order chi connectivity index (χ1) is 9.78.